The predicted octanol–water partition coefficient (Wildman–Crippen LogP) is 1.21. The molecule has 1 atom stereocenters. The van der Waals surface area contributed by atoms with E-state index < -0.39 is 12.2 Å². The van der Waals surface area contributed by atoms with Crippen molar-refractivity contribution in [2.75, 3.05) is 0 Å². The molecule has 1 aromatic carbocycles. The molecule has 0 heterocycles. The average Bonchev–Trinajstić information content (AvgIpc) is 2.15. The molecule has 0 saturated heterocycles. The van der Waals surface area contributed by atoms with Crippen LogP contribution in [0.2, 0.25) is 0 Å². The standard InChI is InChI=1S/C11H15NO3/c1-8(13)6-9-4-2-3-5-10(9)7-15-11(12)14/h2-5,8,13H,6-7H2,1H3,(H2,12,14). The van der Waals surface area contributed by atoms with E-state index in [0.717, 1.165) is 11.1 Å². The number of ether oxygens (including phenoxy) is 1. The fourth-order valence-electron chi connectivity index (χ4n) is 1.36. The van der Waals surface area contributed by atoms with Crippen LogP contribution in [0.15, 0.2) is 24.3 Å². The molecular weight excluding hydrogens is 194 g/mol. The van der Waals surface area contributed by atoms with Gasteiger partial charge in [-0.05, 0) is 24.5 Å². The Labute approximate surface area is 88.7 Å². The van der Waals surface area contributed by atoms with Crippen LogP contribution in [0.5, 0.6) is 0 Å². The van der Waals surface area contributed by atoms with Crippen LogP contribution in [0.3, 0.4) is 0 Å². The molecule has 1 amide bonds. The van der Waals surface area contributed by atoms with E-state index in [1.165, 1.54) is 0 Å². The van der Waals surface area contributed by atoms with Crippen LogP contribution >= 0.6 is 0 Å². The zero-order chi connectivity index (χ0) is 11.3. The number of carbonyl (C=O) groups excluding carboxylic acids is 1. The maximum atomic E-state index is 10.5. The first-order valence-electron chi connectivity index (χ1n) is 4.76. The van der Waals surface area contributed by atoms with Crippen LogP contribution in [0.25, 0.3) is 0 Å². The van der Waals surface area contributed by atoms with Crippen LogP contribution in [-0.4, -0.2) is 17.3 Å². The number of primary amides is 1. The molecule has 0 spiro atoms. The van der Waals surface area contributed by atoms with Crippen LogP contribution in [-0.2, 0) is 17.8 Å². The monoisotopic (exact) mass is 209 g/mol. The van der Waals surface area contributed by atoms with Gasteiger partial charge in [0.05, 0.1) is 6.10 Å². The highest BCUT2D eigenvalue weighted by molar-refractivity contribution is 5.64. The van der Waals surface area contributed by atoms with Crippen molar-refractivity contribution in [3.8, 4) is 0 Å². The summed E-state index contributed by atoms with van der Waals surface area (Å²) < 4.78 is 4.71. The summed E-state index contributed by atoms with van der Waals surface area (Å²) in [6, 6.07) is 7.48. The smallest absolute Gasteiger partial charge is 0.404 e. The van der Waals surface area contributed by atoms with E-state index in [4.69, 9.17) is 10.5 Å². The van der Waals surface area contributed by atoms with Crippen LogP contribution in [0, 0.1) is 0 Å². The van der Waals surface area contributed by atoms with Gasteiger partial charge in [0.2, 0.25) is 0 Å². The number of benzene rings is 1. The molecule has 0 aromatic heterocycles. The molecule has 4 nitrogen and oxygen atoms in total. The van der Waals surface area contributed by atoms with Gasteiger partial charge in [0.25, 0.3) is 0 Å². The van der Waals surface area contributed by atoms with Gasteiger partial charge in [-0.1, -0.05) is 24.3 Å². The molecule has 82 valence electrons. The van der Waals surface area contributed by atoms with E-state index in [1.54, 1.807) is 6.92 Å². The third kappa shape index (κ3) is 3.99. The lowest BCUT2D eigenvalue weighted by Crippen LogP contribution is -2.14. The van der Waals surface area contributed by atoms with Gasteiger partial charge in [-0.3, -0.25) is 0 Å². The minimum atomic E-state index is -0.790. The fraction of sp³-hybridized carbons (Fsp3) is 0.364. The van der Waals surface area contributed by atoms with Crippen molar-refractivity contribution in [1.82, 2.24) is 0 Å². The van der Waals surface area contributed by atoms with Gasteiger partial charge >= 0.3 is 6.09 Å². The molecule has 0 aliphatic rings. The van der Waals surface area contributed by atoms with Gasteiger partial charge in [-0.15, -0.1) is 0 Å². The first-order chi connectivity index (χ1) is 7.09. The lowest BCUT2D eigenvalue weighted by atomic mass is 10.0. The Balaban J connectivity index is 2.72. The van der Waals surface area contributed by atoms with Crippen LogP contribution in [0.4, 0.5) is 4.79 Å². The van der Waals surface area contributed by atoms with E-state index in [2.05, 4.69) is 0 Å². The Kier molecular flexibility index (Phi) is 4.12. The van der Waals surface area contributed by atoms with E-state index in [-0.39, 0.29) is 6.61 Å². The highest BCUT2D eigenvalue weighted by Gasteiger charge is 2.06. The van der Waals surface area contributed by atoms with Gasteiger partial charge in [0.1, 0.15) is 6.61 Å². The fourth-order valence-corrected chi connectivity index (χ4v) is 1.36. The van der Waals surface area contributed by atoms with Gasteiger partial charge in [-0.2, -0.15) is 0 Å². The van der Waals surface area contributed by atoms with Crippen molar-refractivity contribution in [1.29, 1.82) is 0 Å². The highest BCUT2D eigenvalue weighted by atomic mass is 16.5. The number of aliphatic hydroxyl groups is 1. The number of aliphatic hydroxyl groups excluding tert-OH is 1. The normalized spacial score (nSPS) is 12.1. The Morgan fingerprint density at radius 1 is 1.47 bits per heavy atom. The minimum Gasteiger partial charge on any atom is -0.445 e. The van der Waals surface area contributed by atoms with E-state index in [9.17, 15) is 9.90 Å². The summed E-state index contributed by atoms with van der Waals surface area (Å²) in [5.41, 5.74) is 6.72. The third-order valence-corrected chi connectivity index (χ3v) is 2.00. The molecule has 3 N–H and O–H groups in total. The summed E-state index contributed by atoms with van der Waals surface area (Å²) in [5.74, 6) is 0. The molecule has 0 radical (unpaired) electrons. The molecule has 15 heavy (non-hydrogen) atoms. The topological polar surface area (TPSA) is 72.6 Å². The zero-order valence-electron chi connectivity index (χ0n) is 8.64. The lowest BCUT2D eigenvalue weighted by molar-refractivity contribution is 0.149. The second kappa shape index (κ2) is 5.36. The summed E-state index contributed by atoms with van der Waals surface area (Å²) in [6.45, 7) is 1.87. The molecule has 0 bridgehead atoms. The molecule has 0 aliphatic carbocycles. The second-order valence-corrected chi connectivity index (χ2v) is 3.43. The number of amides is 1. The molecule has 1 unspecified atom stereocenters. The lowest BCUT2D eigenvalue weighted by Gasteiger charge is -2.10. The predicted molar refractivity (Wildman–Crippen MR) is 56.2 cm³/mol. The number of hydrogen-bond acceptors (Lipinski definition) is 3. The zero-order valence-corrected chi connectivity index (χ0v) is 8.64. The van der Waals surface area contributed by atoms with Gasteiger partial charge in [0.15, 0.2) is 0 Å². The number of carbonyl (C=O) groups is 1. The average molecular weight is 209 g/mol. The highest BCUT2D eigenvalue weighted by Crippen LogP contribution is 2.12. The van der Waals surface area contributed by atoms with Crippen LogP contribution < -0.4 is 5.73 Å². The van der Waals surface area contributed by atoms with Gasteiger partial charge < -0.3 is 15.6 Å². The largest absolute Gasteiger partial charge is 0.445 e. The molecule has 0 aliphatic heterocycles. The Morgan fingerprint density at radius 2 is 2.07 bits per heavy atom. The summed E-state index contributed by atoms with van der Waals surface area (Å²) in [7, 11) is 0. The van der Waals surface area contributed by atoms with Gasteiger partial charge in [0, 0.05) is 0 Å². The Hall–Kier alpha value is -1.55. The third-order valence-electron chi connectivity index (χ3n) is 2.00. The number of rotatable bonds is 4. The Morgan fingerprint density at radius 3 is 2.60 bits per heavy atom. The van der Waals surface area contributed by atoms with E-state index in [1.807, 2.05) is 24.3 Å². The molecule has 4 heteroatoms. The summed E-state index contributed by atoms with van der Waals surface area (Å²) in [4.78, 5) is 10.5. The molecule has 1 rings (SSSR count). The maximum Gasteiger partial charge on any atom is 0.404 e. The van der Waals surface area contributed by atoms with Crippen molar-refractivity contribution in [2.24, 2.45) is 5.73 Å². The molecule has 0 fully saturated rings. The number of hydrogen-bond donors (Lipinski definition) is 2. The van der Waals surface area contributed by atoms with E-state index in [0.29, 0.717) is 6.42 Å². The molecule has 1 aromatic rings. The summed E-state index contributed by atoms with van der Waals surface area (Å²) >= 11 is 0. The SMILES string of the molecule is CC(O)Cc1ccccc1COC(N)=O. The molecule has 0 saturated carbocycles. The van der Waals surface area contributed by atoms with Crippen LogP contribution in [0.1, 0.15) is 18.1 Å². The quantitative estimate of drug-likeness (QED) is 0.782. The van der Waals surface area contributed by atoms with Gasteiger partial charge in [-0.25, -0.2) is 4.79 Å². The van der Waals surface area contributed by atoms with Crippen molar-refractivity contribution < 1.29 is 14.6 Å². The van der Waals surface area contributed by atoms with Crippen molar-refractivity contribution in [3.63, 3.8) is 0 Å². The van der Waals surface area contributed by atoms with E-state index >= 15 is 0 Å². The molecular formula is C11H15NO3. The van der Waals surface area contributed by atoms with Crippen molar-refractivity contribution in [2.45, 2.75) is 26.1 Å². The Bertz CT molecular complexity index is 336. The number of nitrogens with two attached hydrogens (primary N) is 1. The first-order valence-corrected chi connectivity index (χ1v) is 4.76. The van der Waals surface area contributed by atoms with Crippen molar-refractivity contribution in [3.05, 3.63) is 35.4 Å². The minimum absolute atomic E-state index is 0.151. The summed E-state index contributed by atoms with van der Waals surface area (Å²) in [5, 5.41) is 9.28. The second-order valence-electron chi connectivity index (χ2n) is 3.43. The first kappa shape index (κ1) is 11.5. The summed E-state index contributed by atoms with van der Waals surface area (Å²) in [6.07, 6.45) is -0.667. The van der Waals surface area contributed by atoms with Crippen molar-refractivity contribution >= 4 is 6.09 Å². The maximum absolute atomic E-state index is 10.5.